The second-order valence-electron chi connectivity index (χ2n) is 7.42. The molecule has 0 aromatic carbocycles. The summed E-state index contributed by atoms with van der Waals surface area (Å²) in [5.41, 5.74) is 7.07. The van der Waals surface area contributed by atoms with Gasteiger partial charge in [0.25, 0.3) is 0 Å². The summed E-state index contributed by atoms with van der Waals surface area (Å²) < 4.78 is 0. The average Bonchev–Trinajstić information content (AvgIpc) is 2.39. The van der Waals surface area contributed by atoms with E-state index in [0.29, 0.717) is 5.41 Å². The van der Waals surface area contributed by atoms with Gasteiger partial charge in [-0.05, 0) is 37.0 Å². The molecule has 3 unspecified atom stereocenters. The largest absolute Gasteiger partial charge is 0.329 e. The van der Waals surface area contributed by atoms with Crippen molar-refractivity contribution in [2.24, 2.45) is 17.1 Å². The molecule has 1 aliphatic heterocycles. The van der Waals surface area contributed by atoms with Crippen LogP contribution in [0.4, 0.5) is 0 Å². The van der Waals surface area contributed by atoms with Gasteiger partial charge in [0.1, 0.15) is 0 Å². The van der Waals surface area contributed by atoms with E-state index in [-0.39, 0.29) is 5.54 Å². The van der Waals surface area contributed by atoms with Crippen LogP contribution in [0.3, 0.4) is 0 Å². The average molecular weight is 285 g/mol. The fourth-order valence-corrected chi connectivity index (χ4v) is 5.38. The summed E-state index contributed by atoms with van der Waals surface area (Å²) >= 11 is 2.16. The molecule has 2 rings (SSSR count). The molecule has 0 aromatic heterocycles. The first-order valence-corrected chi connectivity index (χ1v) is 9.05. The van der Waals surface area contributed by atoms with Crippen molar-refractivity contribution in [3.8, 4) is 0 Å². The van der Waals surface area contributed by atoms with Crippen LogP contribution >= 0.6 is 11.8 Å². The number of nitrogens with two attached hydrogens (primary N) is 1. The highest BCUT2D eigenvalue weighted by atomic mass is 32.2. The lowest BCUT2D eigenvalue weighted by Gasteiger charge is -2.55. The smallest absolute Gasteiger partial charge is 0.0358 e. The van der Waals surface area contributed by atoms with Crippen molar-refractivity contribution in [2.45, 2.75) is 64.2 Å². The number of hydrogen-bond donors (Lipinski definition) is 1. The molecule has 1 saturated carbocycles. The monoisotopic (exact) mass is 284 g/mol. The van der Waals surface area contributed by atoms with Crippen molar-refractivity contribution in [1.29, 1.82) is 0 Å². The summed E-state index contributed by atoms with van der Waals surface area (Å²) in [4.78, 5) is 2.76. The molecule has 2 nitrogen and oxygen atoms in total. The Labute approximate surface area is 123 Å². The predicted molar refractivity (Wildman–Crippen MR) is 86.7 cm³/mol. The number of nitrogens with zero attached hydrogens (tertiary/aromatic N) is 1. The van der Waals surface area contributed by atoms with Gasteiger partial charge in [0.2, 0.25) is 0 Å². The third kappa shape index (κ3) is 3.14. The van der Waals surface area contributed by atoms with Crippen LogP contribution in [0.2, 0.25) is 0 Å². The van der Waals surface area contributed by atoms with Gasteiger partial charge in [0, 0.05) is 36.2 Å². The number of rotatable bonds is 3. The van der Waals surface area contributed by atoms with E-state index in [1.165, 1.54) is 44.5 Å². The normalized spacial score (nSPS) is 40.3. The molecule has 3 heteroatoms. The van der Waals surface area contributed by atoms with Gasteiger partial charge in [0.05, 0.1) is 0 Å². The maximum atomic E-state index is 6.29. The molecule has 0 bridgehead atoms. The van der Waals surface area contributed by atoms with Crippen molar-refractivity contribution in [3.63, 3.8) is 0 Å². The van der Waals surface area contributed by atoms with E-state index < -0.39 is 0 Å². The van der Waals surface area contributed by atoms with Crippen LogP contribution in [0.1, 0.15) is 53.4 Å². The minimum atomic E-state index is 0.282. The molecule has 0 amide bonds. The van der Waals surface area contributed by atoms with Crippen molar-refractivity contribution >= 4 is 11.8 Å². The summed E-state index contributed by atoms with van der Waals surface area (Å²) in [7, 11) is 0. The first-order chi connectivity index (χ1) is 8.93. The molecule has 3 atom stereocenters. The van der Waals surface area contributed by atoms with E-state index in [2.05, 4.69) is 44.4 Å². The summed E-state index contributed by atoms with van der Waals surface area (Å²) in [5, 5.41) is 0.819. The SMILES string of the molecule is CCC1CN(C2(CN)CCC(C)(C)CC2C)CCS1. The van der Waals surface area contributed by atoms with Gasteiger partial charge in [-0.2, -0.15) is 11.8 Å². The summed E-state index contributed by atoms with van der Waals surface area (Å²) in [6, 6.07) is 0. The Hall–Kier alpha value is 0.270. The molecule has 0 aromatic rings. The van der Waals surface area contributed by atoms with E-state index in [4.69, 9.17) is 5.73 Å². The van der Waals surface area contributed by atoms with Crippen LogP contribution in [0.5, 0.6) is 0 Å². The van der Waals surface area contributed by atoms with Gasteiger partial charge in [-0.1, -0.05) is 27.7 Å². The van der Waals surface area contributed by atoms with Gasteiger partial charge in [-0.3, -0.25) is 4.90 Å². The molecular formula is C16H32N2S. The molecule has 2 N–H and O–H groups in total. The van der Waals surface area contributed by atoms with Gasteiger partial charge in [-0.25, -0.2) is 0 Å². The molecule has 0 spiro atoms. The molecule has 2 aliphatic rings. The van der Waals surface area contributed by atoms with Crippen molar-refractivity contribution in [2.75, 3.05) is 25.4 Å². The van der Waals surface area contributed by atoms with E-state index in [0.717, 1.165) is 17.7 Å². The summed E-state index contributed by atoms with van der Waals surface area (Å²) in [5.74, 6) is 2.01. The van der Waals surface area contributed by atoms with Gasteiger partial charge < -0.3 is 5.73 Å². The second-order valence-corrected chi connectivity index (χ2v) is 8.83. The zero-order chi connectivity index (χ0) is 14.1. The maximum absolute atomic E-state index is 6.29. The zero-order valence-corrected chi connectivity index (χ0v) is 14.1. The Balaban J connectivity index is 2.13. The highest BCUT2D eigenvalue weighted by Gasteiger charge is 2.47. The van der Waals surface area contributed by atoms with Crippen LogP contribution in [0, 0.1) is 11.3 Å². The molecule has 1 saturated heterocycles. The predicted octanol–water partition coefficient (Wildman–Crippen LogP) is 3.36. The minimum absolute atomic E-state index is 0.282. The Kier molecular flexibility index (Phi) is 4.90. The Morgan fingerprint density at radius 3 is 2.63 bits per heavy atom. The third-order valence-electron chi connectivity index (χ3n) is 5.59. The molecular weight excluding hydrogens is 252 g/mol. The summed E-state index contributed by atoms with van der Waals surface area (Å²) in [6.07, 6.45) is 5.24. The van der Waals surface area contributed by atoms with Crippen LogP contribution in [0.15, 0.2) is 0 Å². The highest BCUT2D eigenvalue weighted by Crippen LogP contribution is 2.47. The van der Waals surface area contributed by atoms with Gasteiger partial charge in [-0.15, -0.1) is 0 Å². The maximum Gasteiger partial charge on any atom is 0.0358 e. The Morgan fingerprint density at radius 1 is 1.32 bits per heavy atom. The molecule has 1 heterocycles. The number of hydrogen-bond acceptors (Lipinski definition) is 3. The molecule has 0 radical (unpaired) electrons. The van der Waals surface area contributed by atoms with E-state index in [9.17, 15) is 0 Å². The van der Waals surface area contributed by atoms with E-state index in [1.807, 2.05) is 0 Å². The quantitative estimate of drug-likeness (QED) is 0.861. The lowest BCUT2D eigenvalue weighted by molar-refractivity contribution is -0.0205. The fraction of sp³-hybridized carbons (Fsp3) is 1.00. The van der Waals surface area contributed by atoms with Gasteiger partial charge in [0.15, 0.2) is 0 Å². The first kappa shape index (κ1) is 15.7. The molecule has 112 valence electrons. The topological polar surface area (TPSA) is 29.3 Å². The first-order valence-electron chi connectivity index (χ1n) is 8.00. The standard InChI is InChI=1S/C16H32N2S/c1-5-14-11-18(8-9-19-14)16(12-17)7-6-15(3,4)10-13(16)2/h13-14H,5-12,17H2,1-4H3. The molecule has 2 fully saturated rings. The lowest BCUT2D eigenvalue weighted by Crippen LogP contribution is -2.63. The van der Waals surface area contributed by atoms with Crippen LogP contribution in [-0.2, 0) is 0 Å². The van der Waals surface area contributed by atoms with E-state index >= 15 is 0 Å². The van der Waals surface area contributed by atoms with Crippen molar-refractivity contribution in [1.82, 2.24) is 4.90 Å². The van der Waals surface area contributed by atoms with Crippen molar-refractivity contribution in [3.05, 3.63) is 0 Å². The summed E-state index contributed by atoms with van der Waals surface area (Å²) in [6.45, 7) is 12.9. The van der Waals surface area contributed by atoms with E-state index in [1.54, 1.807) is 0 Å². The minimum Gasteiger partial charge on any atom is -0.329 e. The zero-order valence-electron chi connectivity index (χ0n) is 13.2. The fourth-order valence-electron chi connectivity index (χ4n) is 4.20. The van der Waals surface area contributed by atoms with Crippen LogP contribution < -0.4 is 5.73 Å². The molecule has 19 heavy (non-hydrogen) atoms. The van der Waals surface area contributed by atoms with Crippen molar-refractivity contribution < 1.29 is 0 Å². The highest BCUT2D eigenvalue weighted by molar-refractivity contribution is 8.00. The van der Waals surface area contributed by atoms with Gasteiger partial charge >= 0.3 is 0 Å². The molecule has 1 aliphatic carbocycles. The van der Waals surface area contributed by atoms with Crippen LogP contribution in [0.25, 0.3) is 0 Å². The lowest BCUT2D eigenvalue weighted by atomic mass is 9.63. The number of thioether (sulfide) groups is 1. The Bertz CT molecular complexity index is 305. The van der Waals surface area contributed by atoms with Crippen LogP contribution in [-0.4, -0.2) is 41.1 Å². The third-order valence-corrected chi connectivity index (χ3v) is 6.96. The second kappa shape index (κ2) is 5.95. The Morgan fingerprint density at radius 2 is 2.05 bits per heavy atom.